The Morgan fingerprint density at radius 3 is 2.68 bits per heavy atom. The molecule has 2 amide bonds. The summed E-state index contributed by atoms with van der Waals surface area (Å²) in [6.07, 6.45) is 3.15. The molecule has 0 unspecified atom stereocenters. The van der Waals surface area contributed by atoms with Crippen LogP contribution in [0.3, 0.4) is 0 Å². The van der Waals surface area contributed by atoms with Crippen molar-refractivity contribution in [3.05, 3.63) is 64.7 Å². The van der Waals surface area contributed by atoms with E-state index in [0.717, 1.165) is 42.7 Å². The second kappa shape index (κ2) is 7.28. The maximum Gasteiger partial charge on any atom is 0.274 e. The van der Waals surface area contributed by atoms with E-state index in [9.17, 15) is 9.59 Å². The summed E-state index contributed by atoms with van der Waals surface area (Å²) >= 11 is 0. The molecule has 2 aromatic rings. The molecule has 2 aromatic carbocycles. The van der Waals surface area contributed by atoms with E-state index in [-0.39, 0.29) is 11.3 Å². The Kier molecular flexibility index (Phi) is 4.81. The summed E-state index contributed by atoms with van der Waals surface area (Å²) in [5.74, 6) is 0.479. The van der Waals surface area contributed by atoms with E-state index >= 15 is 0 Å². The molecule has 1 aliphatic carbocycles. The van der Waals surface area contributed by atoms with Crippen LogP contribution in [-0.4, -0.2) is 35.6 Å². The first-order valence-corrected chi connectivity index (χ1v) is 9.53. The Morgan fingerprint density at radius 1 is 1.18 bits per heavy atom. The minimum Gasteiger partial charge on any atom is -0.497 e. The van der Waals surface area contributed by atoms with Gasteiger partial charge in [0, 0.05) is 18.7 Å². The number of ether oxygens (including phenoxy) is 1. The summed E-state index contributed by atoms with van der Waals surface area (Å²) in [6, 6.07) is 13.3. The van der Waals surface area contributed by atoms with Gasteiger partial charge in [-0.2, -0.15) is 0 Å². The monoisotopic (exact) mass is 380 g/mol. The molecular weight excluding hydrogens is 356 g/mol. The molecule has 0 saturated carbocycles. The first-order valence-electron chi connectivity index (χ1n) is 9.53. The highest BCUT2D eigenvalue weighted by molar-refractivity contribution is 5.93. The minimum absolute atomic E-state index is 0.200. The number of benzene rings is 2. The molecule has 1 fully saturated rings. The van der Waals surface area contributed by atoms with Crippen molar-refractivity contribution in [2.45, 2.75) is 32.2 Å². The summed E-state index contributed by atoms with van der Waals surface area (Å²) < 4.78 is 5.19. The van der Waals surface area contributed by atoms with Crippen molar-refractivity contribution in [2.75, 3.05) is 13.7 Å². The van der Waals surface area contributed by atoms with Crippen LogP contribution >= 0.6 is 0 Å². The van der Waals surface area contributed by atoms with Crippen LogP contribution in [0.15, 0.2) is 42.5 Å². The molecule has 4 rings (SSSR count). The van der Waals surface area contributed by atoms with E-state index in [1.165, 1.54) is 5.56 Å². The molecule has 1 aliphatic heterocycles. The normalized spacial score (nSPS) is 20.9. The predicted molar refractivity (Wildman–Crippen MR) is 103 cm³/mol. The van der Waals surface area contributed by atoms with Crippen molar-refractivity contribution in [2.24, 2.45) is 5.41 Å². The number of aryl methyl sites for hydroxylation is 1. The van der Waals surface area contributed by atoms with Crippen LogP contribution in [0.4, 0.5) is 0 Å². The Bertz CT molecular complexity index is 909. The van der Waals surface area contributed by atoms with E-state index in [1.807, 2.05) is 35.2 Å². The van der Waals surface area contributed by atoms with Crippen LogP contribution in [0.25, 0.3) is 0 Å². The van der Waals surface area contributed by atoms with Crippen LogP contribution in [0, 0.1) is 5.41 Å². The quantitative estimate of drug-likeness (QED) is 0.631. The third-order valence-corrected chi connectivity index (χ3v) is 6.11. The number of likely N-dealkylation sites (tertiary alicyclic amines) is 1. The van der Waals surface area contributed by atoms with Crippen molar-refractivity contribution in [1.29, 1.82) is 0 Å². The fraction of sp³-hybridized carbons (Fsp3) is 0.364. The highest BCUT2D eigenvalue weighted by Crippen LogP contribution is 2.44. The van der Waals surface area contributed by atoms with Gasteiger partial charge in [-0.15, -0.1) is 0 Å². The molecule has 1 saturated heterocycles. The van der Waals surface area contributed by atoms with Crippen LogP contribution < -0.4 is 10.2 Å². The van der Waals surface area contributed by atoms with Gasteiger partial charge in [0.15, 0.2) is 0 Å². The van der Waals surface area contributed by atoms with Gasteiger partial charge >= 0.3 is 0 Å². The zero-order valence-corrected chi connectivity index (χ0v) is 15.9. The Balaban J connectivity index is 1.51. The number of fused-ring (bicyclic) bond motifs is 1. The number of hydrogen-bond donors (Lipinski definition) is 2. The van der Waals surface area contributed by atoms with E-state index in [2.05, 4.69) is 0 Å². The SMILES string of the molecule is COc1ccc(CN2CC[C@@]3(CCc4ccc(C(=O)NO)cc4C3)C2=O)cc1. The zero-order chi connectivity index (χ0) is 19.7. The van der Waals surface area contributed by atoms with Gasteiger partial charge in [-0.25, -0.2) is 5.48 Å². The van der Waals surface area contributed by atoms with Crippen molar-refractivity contribution in [1.82, 2.24) is 10.4 Å². The number of nitrogens with one attached hydrogen (secondary N) is 1. The number of methoxy groups -OCH3 is 1. The van der Waals surface area contributed by atoms with Crippen LogP contribution in [-0.2, 0) is 24.2 Å². The van der Waals surface area contributed by atoms with Gasteiger partial charge in [-0.3, -0.25) is 14.8 Å². The van der Waals surface area contributed by atoms with Crippen LogP contribution in [0.1, 0.15) is 39.9 Å². The summed E-state index contributed by atoms with van der Waals surface area (Å²) in [5, 5.41) is 8.88. The molecule has 6 heteroatoms. The lowest BCUT2D eigenvalue weighted by Gasteiger charge is -2.33. The molecule has 0 bridgehead atoms. The second-order valence-corrected chi connectivity index (χ2v) is 7.71. The van der Waals surface area contributed by atoms with Gasteiger partial charge < -0.3 is 9.64 Å². The molecule has 146 valence electrons. The Labute approximate surface area is 164 Å². The first-order chi connectivity index (χ1) is 13.5. The van der Waals surface area contributed by atoms with Crippen molar-refractivity contribution >= 4 is 11.8 Å². The lowest BCUT2D eigenvalue weighted by molar-refractivity contribution is -0.137. The Morgan fingerprint density at radius 2 is 1.96 bits per heavy atom. The molecule has 28 heavy (non-hydrogen) atoms. The second-order valence-electron chi connectivity index (χ2n) is 7.71. The maximum atomic E-state index is 13.3. The number of hydroxylamine groups is 1. The number of nitrogens with zero attached hydrogens (tertiary/aromatic N) is 1. The number of rotatable bonds is 4. The number of hydrogen-bond acceptors (Lipinski definition) is 4. The van der Waals surface area contributed by atoms with Gasteiger partial charge in [0.05, 0.1) is 12.5 Å². The van der Waals surface area contributed by atoms with Crippen LogP contribution in [0.2, 0.25) is 0 Å². The Hall–Kier alpha value is -2.86. The summed E-state index contributed by atoms with van der Waals surface area (Å²) in [4.78, 5) is 27.0. The van der Waals surface area contributed by atoms with Crippen LogP contribution in [0.5, 0.6) is 5.75 Å². The maximum absolute atomic E-state index is 13.3. The fourth-order valence-corrected chi connectivity index (χ4v) is 4.46. The standard InChI is InChI=1S/C22H24N2O4/c1-28-19-6-2-15(3-7-19)14-24-11-10-22(21(24)26)9-8-16-4-5-17(20(25)23-27)12-18(16)13-22/h2-7,12,27H,8-11,13-14H2,1H3,(H,23,25)/t22-/m1/s1. The first kappa shape index (κ1) is 18.5. The zero-order valence-electron chi connectivity index (χ0n) is 15.9. The molecule has 6 nitrogen and oxygen atoms in total. The van der Waals surface area contributed by atoms with Gasteiger partial charge in [0.2, 0.25) is 5.91 Å². The van der Waals surface area contributed by atoms with E-state index in [1.54, 1.807) is 24.7 Å². The van der Waals surface area contributed by atoms with Gasteiger partial charge in [0.25, 0.3) is 5.91 Å². The number of carbonyl (C=O) groups excluding carboxylic acids is 2. The van der Waals surface area contributed by atoms with Crippen molar-refractivity contribution in [3.8, 4) is 5.75 Å². The highest BCUT2D eigenvalue weighted by atomic mass is 16.5. The third-order valence-electron chi connectivity index (χ3n) is 6.11. The van der Waals surface area contributed by atoms with Gasteiger partial charge in [-0.05, 0) is 66.6 Å². The smallest absolute Gasteiger partial charge is 0.274 e. The summed E-state index contributed by atoms with van der Waals surface area (Å²) in [5.41, 5.74) is 5.02. The molecule has 1 heterocycles. The summed E-state index contributed by atoms with van der Waals surface area (Å²) in [6.45, 7) is 1.35. The summed E-state index contributed by atoms with van der Waals surface area (Å²) in [7, 11) is 1.64. The average Bonchev–Trinajstić information content (AvgIpc) is 3.02. The third kappa shape index (κ3) is 3.24. The number of carbonyl (C=O) groups is 2. The molecule has 2 aliphatic rings. The topological polar surface area (TPSA) is 78.9 Å². The molecule has 1 spiro atoms. The molecule has 2 N–H and O–H groups in total. The van der Waals surface area contributed by atoms with Gasteiger partial charge in [-0.1, -0.05) is 18.2 Å². The largest absolute Gasteiger partial charge is 0.497 e. The molecule has 0 radical (unpaired) electrons. The lowest BCUT2D eigenvalue weighted by atomic mass is 9.70. The lowest BCUT2D eigenvalue weighted by Crippen LogP contribution is -2.38. The van der Waals surface area contributed by atoms with E-state index in [0.29, 0.717) is 18.5 Å². The van der Waals surface area contributed by atoms with Gasteiger partial charge in [0.1, 0.15) is 5.75 Å². The molecule has 1 atom stereocenters. The minimum atomic E-state index is -0.527. The van der Waals surface area contributed by atoms with Crippen molar-refractivity contribution < 1.29 is 19.5 Å². The molecule has 0 aromatic heterocycles. The average molecular weight is 380 g/mol. The predicted octanol–water partition coefficient (Wildman–Crippen LogP) is 2.72. The van der Waals surface area contributed by atoms with E-state index < -0.39 is 5.91 Å². The van der Waals surface area contributed by atoms with E-state index in [4.69, 9.17) is 9.94 Å². The molecular formula is C22H24N2O4. The van der Waals surface area contributed by atoms with Crippen molar-refractivity contribution in [3.63, 3.8) is 0 Å². The highest BCUT2D eigenvalue weighted by Gasteiger charge is 2.48. The fourth-order valence-electron chi connectivity index (χ4n) is 4.46. The number of amides is 2.